The summed E-state index contributed by atoms with van der Waals surface area (Å²) >= 11 is 0. The van der Waals surface area contributed by atoms with E-state index in [-0.39, 0.29) is 0 Å². The minimum absolute atomic E-state index is 0.354. The molecule has 3 rings (SSSR count). The number of aromatic nitrogens is 2. The monoisotopic (exact) mass is 269 g/mol. The molecule has 1 heterocycles. The van der Waals surface area contributed by atoms with E-state index in [1.807, 2.05) is 12.4 Å². The molecule has 1 atom stereocenters. The molecule has 1 aromatic carbocycles. The Labute approximate surface area is 120 Å². The molecule has 1 saturated carbocycles. The molecule has 3 nitrogen and oxygen atoms in total. The molecule has 1 unspecified atom stereocenters. The zero-order valence-electron chi connectivity index (χ0n) is 12.3. The Bertz CT molecular complexity index is 541. The van der Waals surface area contributed by atoms with E-state index < -0.39 is 0 Å². The van der Waals surface area contributed by atoms with Crippen molar-refractivity contribution < 1.29 is 0 Å². The number of hydrogen-bond acceptors (Lipinski definition) is 2. The number of imidazole rings is 1. The maximum absolute atomic E-state index is 4.37. The van der Waals surface area contributed by atoms with E-state index in [9.17, 15) is 0 Å². The largest absolute Gasteiger partial charge is 0.347 e. The third kappa shape index (κ3) is 2.63. The zero-order chi connectivity index (χ0) is 13.9. The molecule has 0 amide bonds. The summed E-state index contributed by atoms with van der Waals surface area (Å²) in [6, 6.07) is 9.74. The highest BCUT2D eigenvalue weighted by Crippen LogP contribution is 2.39. The number of aromatic amines is 1. The van der Waals surface area contributed by atoms with Gasteiger partial charge in [0.15, 0.2) is 0 Å². The van der Waals surface area contributed by atoms with Gasteiger partial charge in [0.25, 0.3) is 0 Å². The minimum Gasteiger partial charge on any atom is -0.347 e. The summed E-state index contributed by atoms with van der Waals surface area (Å²) in [7, 11) is 0. The van der Waals surface area contributed by atoms with E-state index in [0.29, 0.717) is 12.1 Å². The molecule has 1 fully saturated rings. The fraction of sp³-hybridized carbons (Fsp3) is 0.471. The Hall–Kier alpha value is -1.61. The number of rotatable bonds is 5. The van der Waals surface area contributed by atoms with Crippen LogP contribution in [0.2, 0.25) is 0 Å². The van der Waals surface area contributed by atoms with Gasteiger partial charge in [0, 0.05) is 18.4 Å². The van der Waals surface area contributed by atoms with Gasteiger partial charge in [0.05, 0.1) is 6.04 Å². The molecule has 0 radical (unpaired) electrons. The summed E-state index contributed by atoms with van der Waals surface area (Å²) in [6.07, 6.45) is 7.27. The molecule has 0 bridgehead atoms. The molecule has 1 aliphatic rings. The lowest BCUT2D eigenvalue weighted by molar-refractivity contribution is 0.258. The zero-order valence-corrected chi connectivity index (χ0v) is 12.3. The fourth-order valence-electron chi connectivity index (χ4n) is 3.20. The van der Waals surface area contributed by atoms with Crippen molar-refractivity contribution in [2.24, 2.45) is 0 Å². The molecular formula is C17H23N3. The first kappa shape index (κ1) is 13.4. The number of hydrogen-bond donors (Lipinski definition) is 2. The second kappa shape index (κ2) is 5.80. The summed E-state index contributed by atoms with van der Waals surface area (Å²) in [5, 5.41) is 3.73. The SMILES string of the molecule is CCC(NC1CC(c2ccccc2C)C1)c1ncc[nH]1. The molecule has 3 heteroatoms. The highest BCUT2D eigenvalue weighted by atomic mass is 15.0. The van der Waals surface area contributed by atoms with Crippen LogP contribution < -0.4 is 5.32 Å². The van der Waals surface area contributed by atoms with Gasteiger partial charge in [-0.05, 0) is 43.2 Å². The number of aryl methyl sites for hydroxylation is 1. The first-order valence-electron chi connectivity index (χ1n) is 7.58. The van der Waals surface area contributed by atoms with Gasteiger partial charge in [-0.1, -0.05) is 31.2 Å². The van der Waals surface area contributed by atoms with Gasteiger partial charge < -0.3 is 10.3 Å². The van der Waals surface area contributed by atoms with E-state index in [4.69, 9.17) is 0 Å². The van der Waals surface area contributed by atoms with E-state index >= 15 is 0 Å². The molecule has 0 aliphatic heterocycles. The smallest absolute Gasteiger partial charge is 0.123 e. The molecule has 2 N–H and O–H groups in total. The molecule has 1 aromatic heterocycles. The lowest BCUT2D eigenvalue weighted by atomic mass is 9.74. The Kier molecular flexibility index (Phi) is 3.88. The standard InChI is InChI=1S/C17H23N3/c1-3-16(17-18-8-9-19-17)20-14-10-13(11-14)15-7-5-4-6-12(15)2/h4-9,13-14,16,20H,3,10-11H2,1-2H3,(H,18,19). The Morgan fingerprint density at radius 2 is 2.15 bits per heavy atom. The normalized spacial score (nSPS) is 23.3. The molecular weight excluding hydrogens is 246 g/mol. The number of nitrogens with one attached hydrogen (secondary N) is 2. The number of H-pyrrole nitrogens is 1. The molecule has 0 spiro atoms. The Morgan fingerprint density at radius 3 is 2.80 bits per heavy atom. The van der Waals surface area contributed by atoms with Crippen molar-refractivity contribution in [1.82, 2.24) is 15.3 Å². The van der Waals surface area contributed by atoms with Crippen molar-refractivity contribution in [3.05, 3.63) is 53.6 Å². The van der Waals surface area contributed by atoms with Crippen molar-refractivity contribution in [3.8, 4) is 0 Å². The average Bonchev–Trinajstić information content (AvgIpc) is 2.93. The van der Waals surface area contributed by atoms with Crippen LogP contribution in [0.5, 0.6) is 0 Å². The van der Waals surface area contributed by atoms with Crippen molar-refractivity contribution >= 4 is 0 Å². The van der Waals surface area contributed by atoms with Crippen LogP contribution in [-0.4, -0.2) is 16.0 Å². The van der Waals surface area contributed by atoms with Gasteiger partial charge in [0.1, 0.15) is 5.82 Å². The van der Waals surface area contributed by atoms with Crippen LogP contribution in [0.3, 0.4) is 0 Å². The lowest BCUT2D eigenvalue weighted by Crippen LogP contribution is -2.42. The predicted molar refractivity (Wildman–Crippen MR) is 81.7 cm³/mol. The first-order chi connectivity index (χ1) is 9.78. The number of benzene rings is 1. The van der Waals surface area contributed by atoms with Crippen LogP contribution in [0.25, 0.3) is 0 Å². The summed E-state index contributed by atoms with van der Waals surface area (Å²) in [5.41, 5.74) is 2.95. The maximum Gasteiger partial charge on any atom is 0.123 e. The van der Waals surface area contributed by atoms with Gasteiger partial charge in [-0.2, -0.15) is 0 Å². The highest BCUT2D eigenvalue weighted by Gasteiger charge is 2.32. The highest BCUT2D eigenvalue weighted by molar-refractivity contribution is 5.31. The topological polar surface area (TPSA) is 40.7 Å². The molecule has 1 aliphatic carbocycles. The quantitative estimate of drug-likeness (QED) is 0.869. The second-order valence-electron chi connectivity index (χ2n) is 5.82. The Morgan fingerprint density at radius 1 is 1.35 bits per heavy atom. The lowest BCUT2D eigenvalue weighted by Gasteiger charge is -2.39. The van der Waals surface area contributed by atoms with Crippen LogP contribution in [0, 0.1) is 6.92 Å². The van der Waals surface area contributed by atoms with Crippen LogP contribution >= 0.6 is 0 Å². The minimum atomic E-state index is 0.354. The van der Waals surface area contributed by atoms with Gasteiger partial charge in [-0.15, -0.1) is 0 Å². The third-order valence-corrected chi connectivity index (χ3v) is 4.46. The van der Waals surface area contributed by atoms with Crippen molar-refractivity contribution in [2.75, 3.05) is 0 Å². The molecule has 0 saturated heterocycles. The Balaban J connectivity index is 1.57. The first-order valence-corrected chi connectivity index (χ1v) is 7.58. The van der Waals surface area contributed by atoms with E-state index in [1.165, 1.54) is 24.0 Å². The molecule has 20 heavy (non-hydrogen) atoms. The van der Waals surface area contributed by atoms with E-state index in [2.05, 4.69) is 53.4 Å². The van der Waals surface area contributed by atoms with E-state index in [1.54, 1.807) is 0 Å². The summed E-state index contributed by atoms with van der Waals surface area (Å²) < 4.78 is 0. The predicted octanol–water partition coefficient (Wildman–Crippen LogP) is 3.71. The fourth-order valence-corrected chi connectivity index (χ4v) is 3.20. The van der Waals surface area contributed by atoms with Crippen LogP contribution in [-0.2, 0) is 0 Å². The second-order valence-corrected chi connectivity index (χ2v) is 5.82. The summed E-state index contributed by atoms with van der Waals surface area (Å²) in [6.45, 7) is 4.42. The third-order valence-electron chi connectivity index (χ3n) is 4.46. The van der Waals surface area contributed by atoms with Crippen molar-refractivity contribution in [1.29, 1.82) is 0 Å². The summed E-state index contributed by atoms with van der Waals surface area (Å²) in [4.78, 5) is 7.59. The van der Waals surface area contributed by atoms with Gasteiger partial charge in [0.2, 0.25) is 0 Å². The van der Waals surface area contributed by atoms with E-state index in [0.717, 1.165) is 18.2 Å². The van der Waals surface area contributed by atoms with Gasteiger partial charge >= 0.3 is 0 Å². The maximum atomic E-state index is 4.37. The summed E-state index contributed by atoms with van der Waals surface area (Å²) in [5.74, 6) is 1.79. The molecule has 106 valence electrons. The van der Waals surface area contributed by atoms with Crippen LogP contribution in [0.1, 0.15) is 55.1 Å². The van der Waals surface area contributed by atoms with Crippen LogP contribution in [0.15, 0.2) is 36.7 Å². The van der Waals surface area contributed by atoms with Crippen molar-refractivity contribution in [3.63, 3.8) is 0 Å². The number of nitrogens with zero attached hydrogens (tertiary/aromatic N) is 1. The average molecular weight is 269 g/mol. The van der Waals surface area contributed by atoms with Crippen molar-refractivity contribution in [2.45, 2.75) is 51.1 Å². The van der Waals surface area contributed by atoms with Crippen LogP contribution in [0.4, 0.5) is 0 Å². The van der Waals surface area contributed by atoms with Gasteiger partial charge in [-0.3, -0.25) is 0 Å². The molecule has 2 aromatic rings. The van der Waals surface area contributed by atoms with Gasteiger partial charge in [-0.25, -0.2) is 4.98 Å².